The van der Waals surface area contributed by atoms with Crippen molar-refractivity contribution in [3.63, 3.8) is 0 Å². The van der Waals surface area contributed by atoms with Gasteiger partial charge in [-0.2, -0.15) is 0 Å². The van der Waals surface area contributed by atoms with Crippen LogP contribution in [0.1, 0.15) is 18.9 Å². The zero-order chi connectivity index (χ0) is 13.8. The van der Waals surface area contributed by atoms with Crippen LogP contribution < -0.4 is 10.6 Å². The lowest BCUT2D eigenvalue weighted by molar-refractivity contribution is 0.191. The van der Waals surface area contributed by atoms with Crippen LogP contribution in [-0.2, 0) is 6.42 Å². The van der Waals surface area contributed by atoms with Crippen molar-refractivity contribution in [2.24, 2.45) is 11.7 Å². The third-order valence-corrected chi connectivity index (χ3v) is 3.77. The van der Waals surface area contributed by atoms with E-state index < -0.39 is 0 Å². The third-order valence-electron chi connectivity index (χ3n) is 3.77. The number of nitrogens with two attached hydrogens (primary N) is 1. The molecule has 0 spiro atoms. The summed E-state index contributed by atoms with van der Waals surface area (Å²) >= 11 is 0. The minimum Gasteiger partial charge on any atom is -0.330 e. The summed E-state index contributed by atoms with van der Waals surface area (Å²) in [6.45, 7) is 4.38. The molecule has 1 unspecified atom stereocenters. The molecule has 1 aromatic carbocycles. The van der Waals surface area contributed by atoms with Gasteiger partial charge in [0.1, 0.15) is 0 Å². The Morgan fingerprint density at radius 1 is 1.32 bits per heavy atom. The van der Waals surface area contributed by atoms with E-state index in [-0.39, 0.29) is 6.03 Å². The predicted molar refractivity (Wildman–Crippen MR) is 78.4 cm³/mol. The molecule has 2 rings (SSSR count). The second-order valence-corrected chi connectivity index (χ2v) is 5.20. The number of hydrogen-bond acceptors (Lipinski definition) is 2. The predicted octanol–water partition coefficient (Wildman–Crippen LogP) is 2.09. The van der Waals surface area contributed by atoms with Gasteiger partial charge in [0.25, 0.3) is 0 Å². The van der Waals surface area contributed by atoms with Gasteiger partial charge in [0.05, 0.1) is 0 Å². The molecule has 1 heterocycles. The Hall–Kier alpha value is -1.55. The summed E-state index contributed by atoms with van der Waals surface area (Å²) in [4.78, 5) is 16.1. The maximum absolute atomic E-state index is 12.4. The Morgan fingerprint density at radius 2 is 2.05 bits per heavy atom. The third kappa shape index (κ3) is 2.89. The van der Waals surface area contributed by atoms with Gasteiger partial charge in [-0.1, -0.05) is 25.1 Å². The van der Waals surface area contributed by atoms with Crippen molar-refractivity contribution in [1.29, 1.82) is 0 Å². The summed E-state index contributed by atoms with van der Waals surface area (Å²) in [7, 11) is 1.87. The quantitative estimate of drug-likeness (QED) is 0.902. The van der Waals surface area contributed by atoms with Gasteiger partial charge in [0.15, 0.2) is 0 Å². The van der Waals surface area contributed by atoms with Gasteiger partial charge >= 0.3 is 6.03 Å². The van der Waals surface area contributed by atoms with Crippen LogP contribution in [0, 0.1) is 5.92 Å². The minimum atomic E-state index is 0.0918. The smallest absolute Gasteiger partial charge is 0.324 e. The molecule has 4 heteroatoms. The number of nitrogens with zero attached hydrogens (tertiary/aromatic N) is 2. The Balaban J connectivity index is 2.27. The molecule has 0 aliphatic carbocycles. The molecular formula is C15H23N3O. The van der Waals surface area contributed by atoms with Gasteiger partial charge in [-0.05, 0) is 36.9 Å². The van der Waals surface area contributed by atoms with Gasteiger partial charge in [-0.15, -0.1) is 0 Å². The van der Waals surface area contributed by atoms with Crippen molar-refractivity contribution < 1.29 is 4.79 Å². The molecule has 0 aromatic heterocycles. The fraction of sp³-hybridized carbons (Fsp3) is 0.533. The molecule has 0 saturated carbocycles. The van der Waals surface area contributed by atoms with E-state index in [9.17, 15) is 4.79 Å². The van der Waals surface area contributed by atoms with Crippen molar-refractivity contribution in [3.8, 4) is 0 Å². The van der Waals surface area contributed by atoms with Crippen LogP contribution in [0.3, 0.4) is 0 Å². The second kappa shape index (κ2) is 6.06. The standard InChI is InChI=1S/C15H23N3O/c1-3-13-6-4-5-7-14(13)18-11-12(8-9-16)10-17(2)15(18)19/h4-7,12H,3,8-11,16H2,1-2H3. The lowest BCUT2D eigenvalue weighted by Crippen LogP contribution is -2.52. The van der Waals surface area contributed by atoms with E-state index in [0.29, 0.717) is 12.5 Å². The number of anilines is 1. The molecule has 104 valence electrons. The van der Waals surface area contributed by atoms with E-state index in [1.807, 2.05) is 30.1 Å². The summed E-state index contributed by atoms with van der Waals surface area (Å²) in [5.41, 5.74) is 7.92. The van der Waals surface area contributed by atoms with Crippen LogP contribution in [0.4, 0.5) is 10.5 Å². The highest BCUT2D eigenvalue weighted by molar-refractivity contribution is 5.93. The first-order chi connectivity index (χ1) is 9.17. The summed E-state index contributed by atoms with van der Waals surface area (Å²) in [5.74, 6) is 0.456. The molecule has 19 heavy (non-hydrogen) atoms. The number of amides is 2. The molecule has 1 aliphatic rings. The number of carbonyl (C=O) groups excluding carboxylic acids is 1. The average Bonchev–Trinajstić information content (AvgIpc) is 2.43. The van der Waals surface area contributed by atoms with Crippen LogP contribution in [0.2, 0.25) is 0 Å². The Kier molecular flexibility index (Phi) is 4.43. The zero-order valence-electron chi connectivity index (χ0n) is 11.8. The molecule has 4 nitrogen and oxygen atoms in total. The molecule has 0 radical (unpaired) electrons. The summed E-state index contributed by atoms with van der Waals surface area (Å²) in [5, 5.41) is 0. The number of aryl methyl sites for hydroxylation is 1. The first-order valence-corrected chi connectivity index (χ1v) is 6.98. The van der Waals surface area contributed by atoms with Crippen molar-refractivity contribution in [2.45, 2.75) is 19.8 Å². The van der Waals surface area contributed by atoms with Gasteiger partial charge in [0, 0.05) is 25.8 Å². The number of rotatable bonds is 4. The number of benzene rings is 1. The molecule has 1 atom stereocenters. The van der Waals surface area contributed by atoms with Crippen molar-refractivity contribution in [3.05, 3.63) is 29.8 Å². The number of carbonyl (C=O) groups is 1. The molecule has 1 fully saturated rings. The Morgan fingerprint density at radius 3 is 2.74 bits per heavy atom. The van der Waals surface area contributed by atoms with Gasteiger partial charge in [-0.25, -0.2) is 4.79 Å². The van der Waals surface area contributed by atoms with Crippen LogP contribution in [-0.4, -0.2) is 37.6 Å². The lowest BCUT2D eigenvalue weighted by Gasteiger charge is -2.39. The van der Waals surface area contributed by atoms with E-state index in [4.69, 9.17) is 5.73 Å². The molecule has 1 aliphatic heterocycles. The van der Waals surface area contributed by atoms with E-state index >= 15 is 0 Å². The maximum atomic E-state index is 12.4. The van der Waals surface area contributed by atoms with Crippen LogP contribution >= 0.6 is 0 Å². The fourth-order valence-corrected chi connectivity index (χ4v) is 2.76. The van der Waals surface area contributed by atoms with Gasteiger partial charge < -0.3 is 10.6 Å². The van der Waals surface area contributed by atoms with Crippen LogP contribution in [0.15, 0.2) is 24.3 Å². The van der Waals surface area contributed by atoms with Gasteiger partial charge in [0.2, 0.25) is 0 Å². The number of urea groups is 1. The highest BCUT2D eigenvalue weighted by Crippen LogP contribution is 2.26. The van der Waals surface area contributed by atoms with Crippen LogP contribution in [0.5, 0.6) is 0 Å². The number of para-hydroxylation sites is 1. The second-order valence-electron chi connectivity index (χ2n) is 5.20. The molecule has 2 N–H and O–H groups in total. The van der Waals surface area contributed by atoms with Crippen molar-refractivity contribution >= 4 is 11.7 Å². The normalized spacial score (nSPS) is 19.9. The Labute approximate surface area is 115 Å². The largest absolute Gasteiger partial charge is 0.330 e. The van der Waals surface area contributed by atoms with Crippen LogP contribution in [0.25, 0.3) is 0 Å². The highest BCUT2D eigenvalue weighted by Gasteiger charge is 2.30. The van der Waals surface area contributed by atoms with E-state index in [1.54, 1.807) is 4.90 Å². The Bertz CT molecular complexity index is 447. The van der Waals surface area contributed by atoms with Crippen molar-refractivity contribution in [2.75, 3.05) is 31.6 Å². The molecule has 0 bridgehead atoms. The monoisotopic (exact) mass is 261 g/mol. The van der Waals surface area contributed by atoms with E-state index in [2.05, 4.69) is 13.0 Å². The molecular weight excluding hydrogens is 238 g/mol. The highest BCUT2D eigenvalue weighted by atomic mass is 16.2. The maximum Gasteiger partial charge on any atom is 0.324 e. The average molecular weight is 261 g/mol. The number of hydrogen-bond donors (Lipinski definition) is 1. The first kappa shape index (κ1) is 13.9. The van der Waals surface area contributed by atoms with E-state index in [0.717, 1.165) is 31.6 Å². The molecule has 1 saturated heterocycles. The van der Waals surface area contributed by atoms with Crippen molar-refractivity contribution in [1.82, 2.24) is 4.90 Å². The van der Waals surface area contributed by atoms with E-state index in [1.165, 1.54) is 5.56 Å². The lowest BCUT2D eigenvalue weighted by atomic mass is 10.0. The topological polar surface area (TPSA) is 49.6 Å². The zero-order valence-corrected chi connectivity index (χ0v) is 11.8. The summed E-state index contributed by atoms with van der Waals surface area (Å²) in [6.07, 6.45) is 1.90. The summed E-state index contributed by atoms with van der Waals surface area (Å²) in [6, 6.07) is 8.24. The molecule has 2 amide bonds. The minimum absolute atomic E-state index is 0.0918. The van der Waals surface area contributed by atoms with Gasteiger partial charge in [-0.3, -0.25) is 4.90 Å². The first-order valence-electron chi connectivity index (χ1n) is 6.98. The SMILES string of the molecule is CCc1ccccc1N1CC(CCN)CN(C)C1=O. The summed E-state index contributed by atoms with van der Waals surface area (Å²) < 4.78 is 0. The molecule has 1 aromatic rings. The fourth-order valence-electron chi connectivity index (χ4n) is 2.76.